The number of aromatic hydroxyl groups is 1. The van der Waals surface area contributed by atoms with Gasteiger partial charge in [0.25, 0.3) is 0 Å². The molecule has 0 heterocycles. The Morgan fingerprint density at radius 2 is 1.32 bits per heavy atom. The van der Waals surface area contributed by atoms with Crippen molar-refractivity contribution >= 4 is 0 Å². The van der Waals surface area contributed by atoms with Crippen molar-refractivity contribution in [2.75, 3.05) is 6.73 Å². The molecule has 0 saturated heterocycles. The highest BCUT2D eigenvalue weighted by Crippen LogP contribution is 2.41. The molecule has 0 fully saturated rings. The predicted molar refractivity (Wildman–Crippen MR) is 104 cm³/mol. The highest BCUT2D eigenvalue weighted by molar-refractivity contribution is 5.51. The molecule has 1 atom stereocenters. The van der Waals surface area contributed by atoms with Crippen LogP contribution in [0.3, 0.4) is 0 Å². The summed E-state index contributed by atoms with van der Waals surface area (Å²) < 4.78 is 0. The van der Waals surface area contributed by atoms with Crippen molar-refractivity contribution in [2.24, 2.45) is 0 Å². The Morgan fingerprint density at radius 3 is 1.72 bits per heavy atom. The highest BCUT2D eigenvalue weighted by atomic mass is 16.3. The molecule has 3 heteroatoms. The molecule has 3 nitrogen and oxygen atoms in total. The van der Waals surface area contributed by atoms with Crippen LogP contribution in [0.5, 0.6) is 5.75 Å². The monoisotopic (exact) mass is 341 g/mol. The van der Waals surface area contributed by atoms with Gasteiger partial charge in [0.05, 0.1) is 12.8 Å². The largest absolute Gasteiger partial charge is 0.507 e. The van der Waals surface area contributed by atoms with E-state index in [4.69, 9.17) is 0 Å². The molecule has 0 aliphatic heterocycles. The van der Waals surface area contributed by atoms with E-state index in [2.05, 4.69) is 59.0 Å². The topological polar surface area (TPSA) is 52.5 Å². The number of phenolic OH excluding ortho intramolecular Hbond substituents is 1. The Kier molecular flexibility index (Phi) is 5.60. The van der Waals surface area contributed by atoms with Gasteiger partial charge in [-0.2, -0.15) is 0 Å². The summed E-state index contributed by atoms with van der Waals surface area (Å²) in [4.78, 5) is 0. The Bertz CT molecular complexity index is 674. The van der Waals surface area contributed by atoms with Crippen molar-refractivity contribution < 1.29 is 10.2 Å². The van der Waals surface area contributed by atoms with E-state index >= 15 is 0 Å². The second kappa shape index (κ2) is 7.19. The number of benzene rings is 2. The van der Waals surface area contributed by atoms with Gasteiger partial charge in [-0.25, -0.2) is 0 Å². The smallest absolute Gasteiger partial charge is 0.123 e. The van der Waals surface area contributed by atoms with Gasteiger partial charge in [0.15, 0.2) is 0 Å². The Morgan fingerprint density at radius 1 is 0.840 bits per heavy atom. The van der Waals surface area contributed by atoms with Gasteiger partial charge in [-0.15, -0.1) is 0 Å². The van der Waals surface area contributed by atoms with Crippen LogP contribution in [-0.4, -0.2) is 16.9 Å². The molecule has 0 saturated carbocycles. The fourth-order valence-corrected chi connectivity index (χ4v) is 3.13. The van der Waals surface area contributed by atoms with Crippen molar-refractivity contribution in [3.8, 4) is 5.75 Å². The maximum absolute atomic E-state index is 10.9. The molecule has 1 unspecified atom stereocenters. The van der Waals surface area contributed by atoms with Crippen LogP contribution >= 0.6 is 0 Å². The van der Waals surface area contributed by atoms with Gasteiger partial charge in [-0.1, -0.05) is 71.9 Å². The number of phenols is 1. The molecule has 0 spiro atoms. The lowest BCUT2D eigenvalue weighted by molar-refractivity contribution is 0.249. The minimum atomic E-state index is -0.180. The summed E-state index contributed by atoms with van der Waals surface area (Å²) in [7, 11) is 0. The lowest BCUT2D eigenvalue weighted by Gasteiger charge is -2.30. The fraction of sp³-hybridized carbons (Fsp3) is 0.455. The number of rotatable bonds is 4. The van der Waals surface area contributed by atoms with Crippen molar-refractivity contribution in [3.63, 3.8) is 0 Å². The lowest BCUT2D eigenvalue weighted by atomic mass is 9.77. The van der Waals surface area contributed by atoms with Crippen LogP contribution in [-0.2, 0) is 10.8 Å². The van der Waals surface area contributed by atoms with E-state index < -0.39 is 0 Å². The summed E-state index contributed by atoms with van der Waals surface area (Å²) in [5, 5.41) is 23.6. The van der Waals surface area contributed by atoms with Crippen LogP contribution in [0.1, 0.15) is 69.8 Å². The molecule has 136 valence electrons. The highest BCUT2D eigenvalue weighted by Gasteiger charge is 2.28. The lowest BCUT2D eigenvalue weighted by Crippen LogP contribution is -2.25. The zero-order chi connectivity index (χ0) is 18.8. The molecule has 2 rings (SSSR count). The van der Waals surface area contributed by atoms with Gasteiger partial charge < -0.3 is 10.2 Å². The van der Waals surface area contributed by atoms with Crippen LogP contribution < -0.4 is 5.32 Å². The molecular weight excluding hydrogens is 310 g/mol. The summed E-state index contributed by atoms with van der Waals surface area (Å²) in [6.07, 6.45) is 0. The van der Waals surface area contributed by atoms with Crippen molar-refractivity contribution in [1.29, 1.82) is 0 Å². The van der Waals surface area contributed by atoms with E-state index in [-0.39, 0.29) is 23.6 Å². The van der Waals surface area contributed by atoms with Crippen LogP contribution in [0.15, 0.2) is 42.5 Å². The van der Waals surface area contributed by atoms with E-state index in [0.29, 0.717) is 5.75 Å². The first-order valence-corrected chi connectivity index (χ1v) is 8.82. The molecule has 0 amide bonds. The van der Waals surface area contributed by atoms with Gasteiger partial charge in [-0.05, 0) is 45.2 Å². The molecule has 3 N–H and O–H groups in total. The number of hydrogen-bond donors (Lipinski definition) is 3. The summed E-state index contributed by atoms with van der Waals surface area (Å²) in [6.45, 7) is 12.5. The van der Waals surface area contributed by atoms with Gasteiger partial charge >= 0.3 is 0 Å². The average Bonchev–Trinajstić information content (AvgIpc) is 2.51. The first-order valence-electron chi connectivity index (χ1n) is 8.82. The van der Waals surface area contributed by atoms with Crippen molar-refractivity contribution in [2.45, 2.75) is 58.4 Å². The van der Waals surface area contributed by atoms with E-state index in [0.717, 1.165) is 22.3 Å². The number of hydrogen-bond acceptors (Lipinski definition) is 3. The fourth-order valence-electron chi connectivity index (χ4n) is 3.13. The summed E-state index contributed by atoms with van der Waals surface area (Å²) in [6, 6.07) is 14.1. The Labute approximate surface area is 151 Å². The third-order valence-electron chi connectivity index (χ3n) is 4.51. The van der Waals surface area contributed by atoms with E-state index in [1.54, 1.807) is 0 Å². The number of aliphatic hydroxyl groups excluding tert-OH is 1. The normalized spacial score (nSPS) is 13.7. The van der Waals surface area contributed by atoms with Crippen molar-refractivity contribution in [3.05, 3.63) is 64.7 Å². The molecular formula is C22H31NO2. The van der Waals surface area contributed by atoms with E-state index in [9.17, 15) is 10.2 Å². The standard InChI is InChI=1S/C22H31NO2/c1-21(2,3)17-12-16(13-18(20(17)25)22(4,5)6)19(23-14-24)15-10-8-7-9-11-15/h7-13,19,23-25H,14H2,1-6H3. The third-order valence-corrected chi connectivity index (χ3v) is 4.51. The zero-order valence-electron chi connectivity index (χ0n) is 16.2. The maximum Gasteiger partial charge on any atom is 0.123 e. The molecule has 0 bridgehead atoms. The SMILES string of the molecule is CC(C)(C)c1cc(C(NCO)c2ccccc2)cc(C(C)(C)C)c1O. The quantitative estimate of drug-likeness (QED) is 0.712. The molecule has 2 aromatic rings. The van der Waals surface area contributed by atoms with Crippen LogP contribution in [0.4, 0.5) is 0 Å². The molecule has 0 aliphatic rings. The Hall–Kier alpha value is -1.84. The molecule has 0 radical (unpaired) electrons. The van der Waals surface area contributed by atoms with E-state index in [1.165, 1.54) is 0 Å². The average molecular weight is 341 g/mol. The minimum absolute atomic E-state index is 0.115. The van der Waals surface area contributed by atoms with Crippen LogP contribution in [0, 0.1) is 0 Å². The first kappa shape index (κ1) is 19.5. The second-order valence-corrected chi connectivity index (χ2v) is 8.67. The van der Waals surface area contributed by atoms with Crippen LogP contribution in [0.25, 0.3) is 0 Å². The van der Waals surface area contributed by atoms with Gasteiger partial charge in [-0.3, -0.25) is 5.32 Å². The second-order valence-electron chi connectivity index (χ2n) is 8.67. The molecule has 0 aliphatic carbocycles. The molecule has 2 aromatic carbocycles. The summed E-state index contributed by atoms with van der Waals surface area (Å²) in [5.74, 6) is 0.375. The maximum atomic E-state index is 10.9. The van der Waals surface area contributed by atoms with Crippen LogP contribution in [0.2, 0.25) is 0 Å². The summed E-state index contributed by atoms with van der Waals surface area (Å²) >= 11 is 0. The summed E-state index contributed by atoms with van der Waals surface area (Å²) in [5.41, 5.74) is 3.63. The van der Waals surface area contributed by atoms with Gasteiger partial charge in [0.1, 0.15) is 5.75 Å². The van der Waals surface area contributed by atoms with Gasteiger partial charge in [0, 0.05) is 0 Å². The van der Waals surface area contributed by atoms with Crippen molar-refractivity contribution in [1.82, 2.24) is 5.32 Å². The Balaban J connectivity index is 2.70. The molecule has 25 heavy (non-hydrogen) atoms. The van der Waals surface area contributed by atoms with E-state index in [1.807, 2.05) is 30.3 Å². The predicted octanol–water partition coefficient (Wildman–Crippen LogP) is 4.62. The minimum Gasteiger partial charge on any atom is -0.507 e. The number of nitrogens with one attached hydrogen (secondary N) is 1. The first-order chi connectivity index (χ1) is 11.6. The number of aliphatic hydroxyl groups is 1. The zero-order valence-corrected chi connectivity index (χ0v) is 16.2. The molecule has 0 aromatic heterocycles. The van der Waals surface area contributed by atoms with Gasteiger partial charge in [0.2, 0.25) is 0 Å². The third kappa shape index (κ3) is 4.42.